The van der Waals surface area contributed by atoms with Crippen LogP contribution in [0.2, 0.25) is 0 Å². The number of nitrogens with one attached hydrogen (secondary N) is 1. The number of hydrogen-bond acceptors (Lipinski definition) is 5. The van der Waals surface area contributed by atoms with Crippen LogP contribution in [-0.2, 0) is 16.1 Å². The molecule has 0 aliphatic rings. The second-order valence-corrected chi connectivity index (χ2v) is 4.62. The number of nitrogens with zero attached hydrogens (tertiary/aromatic N) is 1. The second kappa shape index (κ2) is 5.06. The van der Waals surface area contributed by atoms with Gasteiger partial charge < -0.3 is 10.1 Å². The molecule has 0 aromatic carbocycles. The maximum atomic E-state index is 11.1. The van der Waals surface area contributed by atoms with Gasteiger partial charge in [-0.3, -0.25) is 4.79 Å². The first-order chi connectivity index (χ1) is 6.69. The third-order valence-corrected chi connectivity index (χ3v) is 3.05. The predicted octanol–water partition coefficient (Wildman–Crippen LogP) is 0.938. The van der Waals surface area contributed by atoms with Crippen molar-refractivity contribution < 1.29 is 14.3 Å². The summed E-state index contributed by atoms with van der Waals surface area (Å²) in [4.78, 5) is 25.1. The average molecular weight is 279 g/mol. The lowest BCUT2D eigenvalue weighted by Crippen LogP contribution is -2.10. The molecular formula is C7H7BrN2O3S. The summed E-state index contributed by atoms with van der Waals surface area (Å²) in [5.74, 6) is -0.495. The predicted molar refractivity (Wildman–Crippen MR) is 54.1 cm³/mol. The second-order valence-electron chi connectivity index (χ2n) is 2.22. The van der Waals surface area contributed by atoms with E-state index in [1.54, 1.807) is 0 Å². The van der Waals surface area contributed by atoms with Gasteiger partial charge >= 0.3 is 5.97 Å². The summed E-state index contributed by atoms with van der Waals surface area (Å²) in [7, 11) is 1.29. The summed E-state index contributed by atoms with van der Waals surface area (Å²) in [6.07, 6.45) is 0.577. The Morgan fingerprint density at radius 1 is 1.79 bits per heavy atom. The van der Waals surface area contributed by atoms with Crippen LogP contribution in [0.4, 0.5) is 0 Å². The Kier molecular flexibility index (Phi) is 4.02. The molecular weight excluding hydrogens is 272 g/mol. The van der Waals surface area contributed by atoms with Crippen LogP contribution in [0.15, 0.2) is 3.79 Å². The van der Waals surface area contributed by atoms with Gasteiger partial charge in [0.15, 0.2) is 5.69 Å². The molecule has 14 heavy (non-hydrogen) atoms. The molecule has 1 amide bonds. The molecule has 0 fully saturated rings. The van der Waals surface area contributed by atoms with Crippen molar-refractivity contribution in [2.24, 2.45) is 0 Å². The lowest BCUT2D eigenvalue weighted by Gasteiger charge is -1.93. The van der Waals surface area contributed by atoms with Gasteiger partial charge in [0.05, 0.1) is 13.7 Å². The van der Waals surface area contributed by atoms with Crippen LogP contribution < -0.4 is 5.32 Å². The summed E-state index contributed by atoms with van der Waals surface area (Å²) in [5.41, 5.74) is 0.236. The number of carbonyl (C=O) groups excluding carboxylic acids is 2. The zero-order chi connectivity index (χ0) is 10.6. The Balaban J connectivity index is 2.81. The molecule has 0 atom stereocenters. The number of thiazole rings is 1. The topological polar surface area (TPSA) is 68.3 Å². The van der Waals surface area contributed by atoms with Crippen LogP contribution in [0.1, 0.15) is 15.5 Å². The highest BCUT2D eigenvalue weighted by molar-refractivity contribution is 9.11. The number of rotatable bonds is 4. The highest BCUT2D eigenvalue weighted by Gasteiger charge is 2.16. The minimum atomic E-state index is -0.495. The molecule has 1 aromatic rings. The lowest BCUT2D eigenvalue weighted by atomic mass is 10.5. The number of carbonyl (C=O) groups is 2. The summed E-state index contributed by atoms with van der Waals surface area (Å²) >= 11 is 4.47. The van der Waals surface area contributed by atoms with Crippen LogP contribution >= 0.6 is 27.3 Å². The highest BCUT2D eigenvalue weighted by Crippen LogP contribution is 2.25. The van der Waals surface area contributed by atoms with Gasteiger partial charge in [0.1, 0.15) is 8.79 Å². The van der Waals surface area contributed by atoms with Gasteiger partial charge in [-0.25, -0.2) is 9.78 Å². The van der Waals surface area contributed by atoms with Gasteiger partial charge in [-0.2, -0.15) is 0 Å². The maximum Gasteiger partial charge on any atom is 0.358 e. The SMILES string of the molecule is COC(=O)c1nc(CNC=O)sc1Br. The van der Waals surface area contributed by atoms with Gasteiger partial charge in [-0.1, -0.05) is 0 Å². The first kappa shape index (κ1) is 11.1. The fraction of sp³-hybridized carbons (Fsp3) is 0.286. The third-order valence-electron chi connectivity index (χ3n) is 1.35. The van der Waals surface area contributed by atoms with Crippen molar-refractivity contribution in [1.82, 2.24) is 10.3 Å². The largest absolute Gasteiger partial charge is 0.464 e. The molecule has 0 spiro atoms. The summed E-state index contributed by atoms with van der Waals surface area (Å²) in [5, 5.41) is 3.10. The maximum absolute atomic E-state index is 11.1. The molecule has 0 unspecified atom stereocenters. The first-order valence-corrected chi connectivity index (χ1v) is 5.20. The molecule has 0 aliphatic carbocycles. The quantitative estimate of drug-likeness (QED) is 0.658. The van der Waals surface area contributed by atoms with Crippen molar-refractivity contribution >= 4 is 39.6 Å². The minimum Gasteiger partial charge on any atom is -0.464 e. The number of hydrogen-bond donors (Lipinski definition) is 1. The summed E-state index contributed by atoms with van der Waals surface area (Å²) in [6.45, 7) is 0.309. The Morgan fingerprint density at radius 3 is 3.07 bits per heavy atom. The number of aromatic nitrogens is 1. The third kappa shape index (κ3) is 2.52. The van der Waals surface area contributed by atoms with Crippen molar-refractivity contribution in [2.45, 2.75) is 6.54 Å². The highest BCUT2D eigenvalue weighted by atomic mass is 79.9. The van der Waals surface area contributed by atoms with Gasteiger partial charge in [0, 0.05) is 0 Å². The molecule has 0 saturated carbocycles. The van der Waals surface area contributed by atoms with E-state index in [1.807, 2.05) is 0 Å². The molecule has 0 radical (unpaired) electrons. The first-order valence-electron chi connectivity index (χ1n) is 3.59. The van der Waals surface area contributed by atoms with Gasteiger partial charge in [0.2, 0.25) is 6.41 Å². The standard InChI is InChI=1S/C7H7BrN2O3S/c1-13-7(12)5-6(8)14-4(10-5)2-9-3-11/h3H,2H2,1H3,(H,9,11). The van der Waals surface area contributed by atoms with Gasteiger partial charge in [-0.15, -0.1) is 11.3 Å². The van der Waals surface area contributed by atoms with E-state index in [9.17, 15) is 9.59 Å². The van der Waals surface area contributed by atoms with Crippen molar-refractivity contribution in [2.75, 3.05) is 7.11 Å². The number of halogens is 1. The molecule has 76 valence electrons. The Morgan fingerprint density at radius 2 is 2.50 bits per heavy atom. The summed E-state index contributed by atoms with van der Waals surface area (Å²) < 4.78 is 5.12. The van der Waals surface area contributed by atoms with E-state index in [0.29, 0.717) is 21.7 Å². The molecule has 1 rings (SSSR count). The summed E-state index contributed by atoms with van der Waals surface area (Å²) in [6, 6.07) is 0. The monoisotopic (exact) mass is 278 g/mol. The zero-order valence-electron chi connectivity index (χ0n) is 7.24. The van der Waals surface area contributed by atoms with Crippen LogP contribution in [0, 0.1) is 0 Å². The average Bonchev–Trinajstić information content (AvgIpc) is 2.55. The Bertz CT molecular complexity index is 353. The number of methoxy groups -OCH3 is 1. The fourth-order valence-electron chi connectivity index (χ4n) is 0.770. The number of amides is 1. The smallest absolute Gasteiger partial charge is 0.358 e. The van der Waals surface area contributed by atoms with E-state index < -0.39 is 5.97 Å². The molecule has 1 aromatic heterocycles. The van der Waals surface area contributed by atoms with Crippen molar-refractivity contribution in [3.05, 3.63) is 14.5 Å². The molecule has 0 saturated heterocycles. The zero-order valence-corrected chi connectivity index (χ0v) is 9.65. The minimum absolute atomic E-state index is 0.236. The molecule has 0 aliphatic heterocycles. The Labute approximate surface area is 92.6 Å². The molecule has 1 heterocycles. The molecule has 5 nitrogen and oxygen atoms in total. The van der Waals surface area contributed by atoms with E-state index in [-0.39, 0.29) is 5.69 Å². The van der Waals surface area contributed by atoms with E-state index >= 15 is 0 Å². The van der Waals surface area contributed by atoms with Crippen molar-refractivity contribution in [3.63, 3.8) is 0 Å². The lowest BCUT2D eigenvalue weighted by molar-refractivity contribution is -0.109. The number of ether oxygens (including phenoxy) is 1. The molecule has 7 heteroatoms. The van der Waals surface area contributed by atoms with E-state index in [4.69, 9.17) is 0 Å². The van der Waals surface area contributed by atoms with Crippen molar-refractivity contribution in [3.8, 4) is 0 Å². The molecule has 1 N–H and O–H groups in total. The normalized spacial score (nSPS) is 9.57. The van der Waals surface area contributed by atoms with E-state index in [0.717, 1.165) is 0 Å². The van der Waals surface area contributed by atoms with Crippen LogP contribution in [0.3, 0.4) is 0 Å². The van der Waals surface area contributed by atoms with Crippen LogP contribution in [0.25, 0.3) is 0 Å². The molecule has 0 bridgehead atoms. The van der Waals surface area contributed by atoms with Crippen LogP contribution in [0.5, 0.6) is 0 Å². The number of esters is 1. The van der Waals surface area contributed by atoms with Crippen molar-refractivity contribution in [1.29, 1.82) is 0 Å². The van der Waals surface area contributed by atoms with E-state index in [1.165, 1.54) is 18.4 Å². The fourth-order valence-corrected chi connectivity index (χ4v) is 2.31. The van der Waals surface area contributed by atoms with E-state index in [2.05, 4.69) is 31.0 Å². The van der Waals surface area contributed by atoms with Gasteiger partial charge in [0.25, 0.3) is 0 Å². The van der Waals surface area contributed by atoms with Gasteiger partial charge in [-0.05, 0) is 15.9 Å². The van der Waals surface area contributed by atoms with Crippen LogP contribution in [-0.4, -0.2) is 24.5 Å². The Hall–Kier alpha value is -0.950.